The molecule has 42 heavy (non-hydrogen) atoms. The number of halogens is 2. The largest absolute Gasteiger partial charge is 0.251 e. The molecule has 0 spiro atoms. The molecule has 0 aliphatic rings. The first-order valence-corrected chi connectivity index (χ1v) is 17.7. The summed E-state index contributed by atoms with van der Waals surface area (Å²) in [4.78, 5) is 14.1. The van der Waals surface area contributed by atoms with Gasteiger partial charge in [0.2, 0.25) is 0 Å². The third-order valence-corrected chi connectivity index (χ3v) is 14.8. The number of hydrogen-bond donors (Lipinski definition) is 0. The molecule has 7 aromatic heterocycles. The molecule has 0 saturated carbocycles. The minimum absolute atomic E-state index is 0.217. The van der Waals surface area contributed by atoms with Crippen LogP contribution in [0.25, 0.3) is 79.6 Å². The van der Waals surface area contributed by atoms with Crippen molar-refractivity contribution in [2.45, 2.75) is 0 Å². The zero-order valence-electron chi connectivity index (χ0n) is 21.2. The number of aromatic nitrogens is 2. The average Bonchev–Trinajstić information content (AvgIpc) is 3.82. The first kappa shape index (κ1) is 25.1. The molecular weight excluding hydrogens is 643 g/mol. The molecule has 0 N–H and O–H groups in total. The van der Waals surface area contributed by atoms with E-state index in [1.165, 1.54) is 61.9 Å². The number of fused-ring (bicyclic) bond motifs is 6. The highest BCUT2D eigenvalue weighted by Gasteiger charge is 2.18. The topological polar surface area (TPSA) is 25.8 Å². The molecule has 0 unspecified atom stereocenters. The van der Waals surface area contributed by atoms with Gasteiger partial charge in [-0.25, -0.2) is 8.78 Å². The fourth-order valence-electron chi connectivity index (χ4n) is 5.02. The van der Waals surface area contributed by atoms with Crippen LogP contribution < -0.4 is 0 Å². The van der Waals surface area contributed by atoms with Crippen LogP contribution in [0.1, 0.15) is 0 Å². The average molecular weight is 657 g/mol. The standard InChI is InChI=1S/C32H14F2N2S6/c33-17-5-1-15(2-6-17)21-9-25-29(39-21)31-27(37-25)11-23(41-31)19-13-36-20(14-35-19)24-12-28-32(42-24)30-26(38-28)10-22(40-30)16-3-7-18(34)8-4-16/h1-14H. The molecule has 0 atom stereocenters. The van der Waals surface area contributed by atoms with Crippen LogP contribution in [0, 0.1) is 11.6 Å². The van der Waals surface area contributed by atoms with Crippen molar-refractivity contribution in [3.8, 4) is 42.0 Å². The Morgan fingerprint density at radius 1 is 0.405 bits per heavy atom. The zero-order chi connectivity index (χ0) is 27.9. The van der Waals surface area contributed by atoms with Gasteiger partial charge >= 0.3 is 0 Å². The molecule has 0 aliphatic heterocycles. The highest BCUT2D eigenvalue weighted by atomic mass is 32.1. The molecule has 0 radical (unpaired) electrons. The lowest BCUT2D eigenvalue weighted by atomic mass is 10.2. The summed E-state index contributed by atoms with van der Waals surface area (Å²) in [7, 11) is 0. The van der Waals surface area contributed by atoms with Crippen molar-refractivity contribution in [1.29, 1.82) is 0 Å². The van der Waals surface area contributed by atoms with E-state index in [1.54, 1.807) is 68.0 Å². The molecule has 2 aromatic carbocycles. The highest BCUT2D eigenvalue weighted by molar-refractivity contribution is 7.41. The van der Waals surface area contributed by atoms with Crippen molar-refractivity contribution in [1.82, 2.24) is 9.97 Å². The van der Waals surface area contributed by atoms with Crippen molar-refractivity contribution in [3.63, 3.8) is 0 Å². The molecular formula is C32H14F2N2S6. The second kappa shape index (κ2) is 9.57. The normalized spacial score (nSPS) is 12.0. The van der Waals surface area contributed by atoms with Crippen LogP contribution in [0.3, 0.4) is 0 Å². The number of hydrogen-bond acceptors (Lipinski definition) is 8. The maximum absolute atomic E-state index is 13.4. The number of thiophene rings is 6. The van der Waals surface area contributed by atoms with E-state index in [2.05, 4.69) is 24.3 Å². The van der Waals surface area contributed by atoms with Gasteiger partial charge in [0.25, 0.3) is 0 Å². The second-order valence-electron chi connectivity index (χ2n) is 9.72. The summed E-state index contributed by atoms with van der Waals surface area (Å²) in [5.74, 6) is -0.435. The summed E-state index contributed by atoms with van der Waals surface area (Å²) in [5, 5.41) is 0. The maximum Gasteiger partial charge on any atom is 0.123 e. The van der Waals surface area contributed by atoms with E-state index >= 15 is 0 Å². The minimum atomic E-state index is -0.217. The van der Waals surface area contributed by atoms with Crippen LogP contribution in [0.15, 0.2) is 85.2 Å². The van der Waals surface area contributed by atoms with Crippen molar-refractivity contribution < 1.29 is 8.78 Å². The van der Waals surface area contributed by atoms with Gasteiger partial charge in [0.1, 0.15) is 11.6 Å². The summed E-state index contributed by atoms with van der Waals surface area (Å²) in [6.07, 6.45) is 3.75. The van der Waals surface area contributed by atoms with E-state index in [-0.39, 0.29) is 11.6 Å². The van der Waals surface area contributed by atoms with E-state index < -0.39 is 0 Å². The Bertz CT molecular complexity index is 2250. The van der Waals surface area contributed by atoms with Gasteiger partial charge in [0, 0.05) is 28.6 Å². The van der Waals surface area contributed by atoms with Crippen LogP contribution in [0.4, 0.5) is 8.78 Å². The Hall–Kier alpha value is -3.38. The Morgan fingerprint density at radius 3 is 1.10 bits per heavy atom. The summed E-state index contributed by atoms with van der Waals surface area (Å²) in [5.41, 5.74) is 3.83. The third kappa shape index (κ3) is 4.09. The van der Waals surface area contributed by atoms with Crippen LogP contribution >= 0.6 is 68.0 Å². The Balaban J connectivity index is 1.02. The molecule has 10 heteroatoms. The van der Waals surface area contributed by atoms with Crippen molar-refractivity contribution in [2.24, 2.45) is 0 Å². The van der Waals surface area contributed by atoms with Gasteiger partial charge in [0.05, 0.1) is 52.3 Å². The number of benzene rings is 2. The molecule has 202 valence electrons. The first-order valence-electron chi connectivity index (χ1n) is 12.8. The molecule has 9 aromatic rings. The quantitative estimate of drug-likeness (QED) is 0.188. The van der Waals surface area contributed by atoms with Crippen molar-refractivity contribution in [2.75, 3.05) is 0 Å². The predicted octanol–water partition coefficient (Wildman–Crippen LogP) is 12.4. The fraction of sp³-hybridized carbons (Fsp3) is 0. The smallest absolute Gasteiger partial charge is 0.123 e. The SMILES string of the molecule is Fc1ccc(-c2cc3sc4cc(-c5cnc(-c6cc7sc8cc(-c9ccc(F)cc9)sc8c7s6)cn5)sc4c3s2)cc1. The molecule has 0 amide bonds. The van der Waals surface area contributed by atoms with Crippen LogP contribution in [0.2, 0.25) is 0 Å². The van der Waals surface area contributed by atoms with Gasteiger partial charge in [-0.05, 0) is 59.7 Å². The summed E-state index contributed by atoms with van der Waals surface area (Å²) < 4.78 is 36.9. The lowest BCUT2D eigenvalue weighted by Gasteiger charge is -1.98. The maximum atomic E-state index is 13.4. The van der Waals surface area contributed by atoms with Crippen LogP contribution in [0.5, 0.6) is 0 Å². The predicted molar refractivity (Wildman–Crippen MR) is 181 cm³/mol. The molecule has 0 saturated heterocycles. The third-order valence-electron chi connectivity index (χ3n) is 7.06. The Labute approximate surface area is 261 Å². The minimum Gasteiger partial charge on any atom is -0.251 e. The fourth-order valence-corrected chi connectivity index (χ4v) is 13.0. The zero-order valence-corrected chi connectivity index (χ0v) is 26.1. The summed E-state index contributed by atoms with van der Waals surface area (Å²) in [6, 6.07) is 22.2. The number of rotatable bonds is 4. The molecule has 7 heterocycles. The van der Waals surface area contributed by atoms with Gasteiger partial charge in [0.15, 0.2) is 0 Å². The van der Waals surface area contributed by atoms with E-state index in [4.69, 9.17) is 9.97 Å². The van der Waals surface area contributed by atoms with Crippen molar-refractivity contribution in [3.05, 3.63) is 96.8 Å². The van der Waals surface area contributed by atoms with Crippen LogP contribution in [-0.4, -0.2) is 9.97 Å². The van der Waals surface area contributed by atoms with Gasteiger partial charge in [-0.2, -0.15) is 0 Å². The monoisotopic (exact) mass is 656 g/mol. The van der Waals surface area contributed by atoms with E-state index in [1.807, 2.05) is 36.7 Å². The van der Waals surface area contributed by atoms with Gasteiger partial charge in [-0.15, -0.1) is 68.0 Å². The lowest BCUT2D eigenvalue weighted by Crippen LogP contribution is -1.85. The van der Waals surface area contributed by atoms with E-state index in [0.717, 1.165) is 42.0 Å². The second-order valence-corrected chi connectivity index (χ2v) is 16.1. The Kier molecular flexibility index (Phi) is 5.73. The summed E-state index contributed by atoms with van der Waals surface area (Å²) >= 11 is 10.6. The van der Waals surface area contributed by atoms with Crippen molar-refractivity contribution >= 4 is 106 Å². The molecule has 0 fully saturated rings. The van der Waals surface area contributed by atoms with Gasteiger partial charge in [-0.3, -0.25) is 9.97 Å². The molecule has 2 nitrogen and oxygen atoms in total. The molecule has 0 aliphatic carbocycles. The van der Waals surface area contributed by atoms with Gasteiger partial charge < -0.3 is 0 Å². The summed E-state index contributed by atoms with van der Waals surface area (Å²) in [6.45, 7) is 0. The van der Waals surface area contributed by atoms with E-state index in [9.17, 15) is 8.78 Å². The molecule has 0 bridgehead atoms. The lowest BCUT2D eigenvalue weighted by molar-refractivity contribution is 0.627. The number of nitrogens with zero attached hydrogens (tertiary/aromatic N) is 2. The highest BCUT2D eigenvalue weighted by Crippen LogP contribution is 2.49. The van der Waals surface area contributed by atoms with Gasteiger partial charge in [-0.1, -0.05) is 24.3 Å². The first-order chi connectivity index (χ1) is 20.6. The Morgan fingerprint density at radius 2 is 0.738 bits per heavy atom. The molecule has 9 rings (SSSR count). The van der Waals surface area contributed by atoms with E-state index in [0.29, 0.717) is 0 Å². The van der Waals surface area contributed by atoms with Crippen LogP contribution in [-0.2, 0) is 0 Å².